The second-order valence-corrected chi connectivity index (χ2v) is 9.19. The van der Waals surface area contributed by atoms with Crippen LogP contribution in [-0.2, 0) is 30.4 Å². The van der Waals surface area contributed by atoms with Crippen LogP contribution in [0.15, 0.2) is 45.5 Å². The number of benzene rings is 2. The molecule has 3 N–H and O–H groups in total. The molecular formula is C13H14Li2O9S3. The smallest absolute Gasteiger partial charge is 1.00 e. The van der Waals surface area contributed by atoms with Crippen molar-refractivity contribution >= 4 is 46.7 Å². The Morgan fingerprint density at radius 3 is 1.48 bits per heavy atom. The maximum atomic E-state index is 11.8. The number of allylic oxidation sites excluding steroid dienone is 1. The van der Waals surface area contributed by atoms with Crippen molar-refractivity contribution in [3.05, 3.63) is 36.4 Å². The molecule has 0 aliphatic heterocycles. The molecule has 2 aromatic rings. The molecule has 0 amide bonds. The zero-order chi connectivity index (χ0) is 19.4. The largest absolute Gasteiger partial charge is 1.00 e. The zero-order valence-corrected chi connectivity index (χ0v) is 17.0. The molecule has 2 aromatic carbocycles. The van der Waals surface area contributed by atoms with Crippen molar-refractivity contribution in [3.8, 4) is 0 Å². The summed E-state index contributed by atoms with van der Waals surface area (Å²) in [6.45, 7) is 4.79. The van der Waals surface area contributed by atoms with Gasteiger partial charge < -0.3 is 2.85 Å². The van der Waals surface area contributed by atoms with Crippen molar-refractivity contribution in [2.24, 2.45) is 0 Å². The molecule has 0 aromatic heterocycles. The fourth-order valence-electron chi connectivity index (χ4n) is 2.52. The summed E-state index contributed by atoms with van der Waals surface area (Å²) >= 11 is 0. The molecule has 140 valence electrons. The van der Waals surface area contributed by atoms with Gasteiger partial charge in [0.25, 0.3) is 30.4 Å². The Balaban J connectivity index is -0.00000169. The zero-order valence-electron chi connectivity index (χ0n) is 16.5. The van der Waals surface area contributed by atoms with Crippen molar-refractivity contribution in [1.29, 1.82) is 0 Å². The van der Waals surface area contributed by atoms with E-state index < -0.39 is 50.6 Å². The van der Waals surface area contributed by atoms with Crippen molar-refractivity contribution < 1.29 is 79.5 Å². The molecule has 9 nitrogen and oxygen atoms in total. The summed E-state index contributed by atoms with van der Waals surface area (Å²) < 4.78 is 99.0. The standard InChI is InChI=1S/C13H12O9S3.2Li.2H/c1-7(2)10-8-5-3-4-6-9(8)11(23(14,15)16)13(25(20,21)22)12(10)24(17,18)19;;;;/h3-6H,1H2,2H3,(H,14,15,16)(H,17,18,19)(H,20,21,22);;;;/q;2*+1;2*-1. The third kappa shape index (κ3) is 5.05. The molecule has 14 heteroatoms. The Morgan fingerprint density at radius 1 is 0.778 bits per heavy atom. The molecule has 0 aliphatic carbocycles. The van der Waals surface area contributed by atoms with Gasteiger partial charge >= 0.3 is 37.7 Å². The molecule has 0 saturated heterocycles. The molecule has 27 heavy (non-hydrogen) atoms. The summed E-state index contributed by atoms with van der Waals surface area (Å²) in [5.74, 6) is 0. The van der Waals surface area contributed by atoms with Gasteiger partial charge in [0.2, 0.25) is 0 Å². The van der Waals surface area contributed by atoms with Gasteiger partial charge in [0.15, 0.2) is 0 Å². The van der Waals surface area contributed by atoms with Crippen LogP contribution in [0.25, 0.3) is 16.3 Å². The molecule has 2 rings (SSSR count). The van der Waals surface area contributed by atoms with E-state index in [9.17, 15) is 38.9 Å². The molecule has 0 aliphatic rings. The van der Waals surface area contributed by atoms with Gasteiger partial charge in [0.1, 0.15) is 14.7 Å². The number of fused-ring (bicyclic) bond motifs is 1. The van der Waals surface area contributed by atoms with Gasteiger partial charge in [-0.15, -0.1) is 0 Å². The predicted molar refractivity (Wildman–Crippen MR) is 90.3 cm³/mol. The summed E-state index contributed by atoms with van der Waals surface area (Å²) in [6, 6.07) is 5.05. The third-order valence-corrected chi connectivity index (χ3v) is 6.33. The molecule has 0 radical (unpaired) electrons. The third-order valence-electron chi connectivity index (χ3n) is 3.28. The summed E-state index contributed by atoms with van der Waals surface area (Å²) in [5.41, 5.74) is -0.436. The van der Waals surface area contributed by atoms with Crippen LogP contribution in [0.4, 0.5) is 0 Å². The normalized spacial score (nSPS) is 12.1. The van der Waals surface area contributed by atoms with E-state index in [2.05, 4.69) is 6.58 Å². The Labute approximate surface area is 183 Å². The Bertz CT molecular complexity index is 1240. The van der Waals surface area contributed by atoms with E-state index in [4.69, 9.17) is 0 Å². The minimum atomic E-state index is -5.50. The molecule has 0 saturated carbocycles. The van der Waals surface area contributed by atoms with Gasteiger partial charge in [0, 0.05) is 10.9 Å². The Hall–Kier alpha value is -0.635. The van der Waals surface area contributed by atoms with Crippen LogP contribution >= 0.6 is 0 Å². The minimum Gasteiger partial charge on any atom is -1.00 e. The van der Waals surface area contributed by atoms with E-state index in [0.717, 1.165) is 6.07 Å². The number of hydrogen-bond donors (Lipinski definition) is 3. The van der Waals surface area contributed by atoms with E-state index in [1.165, 1.54) is 25.1 Å². The van der Waals surface area contributed by atoms with E-state index >= 15 is 0 Å². The average molecular weight is 424 g/mol. The van der Waals surface area contributed by atoms with Gasteiger partial charge in [0.05, 0.1) is 0 Å². The first-order valence-electron chi connectivity index (χ1n) is 6.34. The summed E-state index contributed by atoms with van der Waals surface area (Å²) in [6.07, 6.45) is 0. The molecule has 0 unspecified atom stereocenters. The monoisotopic (exact) mass is 424 g/mol. The van der Waals surface area contributed by atoms with Crippen LogP contribution < -0.4 is 37.7 Å². The predicted octanol–water partition coefficient (Wildman–Crippen LogP) is -4.15. The molecule has 0 fully saturated rings. The number of hydrogen-bond acceptors (Lipinski definition) is 6. The molecule has 0 atom stereocenters. The van der Waals surface area contributed by atoms with Gasteiger partial charge in [-0.3, -0.25) is 13.7 Å². The van der Waals surface area contributed by atoms with Crippen molar-refractivity contribution in [3.63, 3.8) is 0 Å². The second-order valence-electron chi connectivity index (χ2n) is 5.11. The summed E-state index contributed by atoms with van der Waals surface area (Å²) in [4.78, 5) is -4.38. The average Bonchev–Trinajstić information content (AvgIpc) is 2.41. The van der Waals surface area contributed by atoms with Crippen molar-refractivity contribution in [2.45, 2.75) is 21.6 Å². The maximum absolute atomic E-state index is 11.8. The Morgan fingerprint density at radius 2 is 1.15 bits per heavy atom. The second kappa shape index (κ2) is 8.39. The summed E-state index contributed by atoms with van der Waals surface area (Å²) in [5, 5.41) is -0.481. The quantitative estimate of drug-likeness (QED) is 0.327. The van der Waals surface area contributed by atoms with Crippen LogP contribution in [0.1, 0.15) is 15.3 Å². The molecule has 0 heterocycles. The van der Waals surface area contributed by atoms with E-state index in [-0.39, 0.29) is 56.9 Å². The molecule has 0 bridgehead atoms. The van der Waals surface area contributed by atoms with Crippen molar-refractivity contribution in [1.82, 2.24) is 0 Å². The first kappa shape index (κ1) is 26.4. The molecular weight excluding hydrogens is 410 g/mol. The fourth-order valence-corrected chi connectivity index (χ4v) is 6.20. The van der Waals surface area contributed by atoms with E-state index in [1.807, 2.05) is 0 Å². The van der Waals surface area contributed by atoms with E-state index in [0.29, 0.717) is 0 Å². The number of rotatable bonds is 4. The minimum absolute atomic E-state index is 0. The fraction of sp³-hybridized carbons (Fsp3) is 0.0769. The first-order chi connectivity index (χ1) is 11.2. The van der Waals surface area contributed by atoms with Gasteiger partial charge in [-0.2, -0.15) is 25.3 Å². The van der Waals surface area contributed by atoms with Crippen LogP contribution in [0.2, 0.25) is 0 Å². The van der Waals surface area contributed by atoms with E-state index in [1.54, 1.807) is 0 Å². The molecule has 0 spiro atoms. The van der Waals surface area contributed by atoms with Crippen molar-refractivity contribution in [2.75, 3.05) is 0 Å². The van der Waals surface area contributed by atoms with Gasteiger partial charge in [-0.1, -0.05) is 30.8 Å². The SMILES string of the molecule is C=C(C)c1c(S(=O)(=O)O)c(S(=O)(=O)O)c(S(=O)(=O)O)c2ccccc12.[H-].[H-].[Li+].[Li+]. The van der Waals surface area contributed by atoms with Crippen LogP contribution in [-0.4, -0.2) is 38.9 Å². The first-order valence-corrected chi connectivity index (χ1v) is 10.7. The van der Waals surface area contributed by atoms with Gasteiger partial charge in [-0.05, 0) is 17.9 Å². The van der Waals surface area contributed by atoms with Crippen LogP contribution in [0, 0.1) is 0 Å². The maximum Gasteiger partial charge on any atom is 1.00 e. The topological polar surface area (TPSA) is 163 Å². The van der Waals surface area contributed by atoms with Gasteiger partial charge in [-0.25, -0.2) is 0 Å². The van der Waals surface area contributed by atoms with Crippen LogP contribution in [0.5, 0.6) is 0 Å². The summed E-state index contributed by atoms with van der Waals surface area (Å²) in [7, 11) is -16.2. The Kier molecular flexibility index (Phi) is 8.19. The van der Waals surface area contributed by atoms with Crippen LogP contribution in [0.3, 0.4) is 0 Å².